The third-order valence-electron chi connectivity index (χ3n) is 6.29. The Morgan fingerprint density at radius 2 is 1.86 bits per heavy atom. The molecule has 29 heavy (non-hydrogen) atoms. The summed E-state index contributed by atoms with van der Waals surface area (Å²) in [5, 5.41) is 5.64. The van der Waals surface area contributed by atoms with E-state index < -0.39 is 23.8 Å². The zero-order valence-electron chi connectivity index (χ0n) is 16.9. The van der Waals surface area contributed by atoms with Gasteiger partial charge in [0, 0.05) is 32.1 Å². The highest BCUT2D eigenvalue weighted by molar-refractivity contribution is 6.23. The highest BCUT2D eigenvalue weighted by Gasteiger charge is 2.44. The van der Waals surface area contributed by atoms with Gasteiger partial charge in [0.1, 0.15) is 6.04 Å². The van der Waals surface area contributed by atoms with Crippen LogP contribution in [-0.2, 0) is 16.1 Å². The lowest BCUT2D eigenvalue weighted by Gasteiger charge is -2.34. The van der Waals surface area contributed by atoms with E-state index in [9.17, 15) is 19.2 Å². The fourth-order valence-corrected chi connectivity index (χ4v) is 4.69. The molecule has 2 atom stereocenters. The van der Waals surface area contributed by atoms with Gasteiger partial charge in [-0.25, -0.2) is 0 Å². The van der Waals surface area contributed by atoms with Crippen LogP contribution in [-0.4, -0.2) is 65.6 Å². The maximum atomic E-state index is 12.9. The lowest BCUT2D eigenvalue weighted by molar-refractivity contribution is -0.136. The van der Waals surface area contributed by atoms with Crippen molar-refractivity contribution in [3.05, 3.63) is 34.9 Å². The van der Waals surface area contributed by atoms with E-state index in [-0.39, 0.29) is 24.2 Å². The third-order valence-corrected chi connectivity index (χ3v) is 6.29. The summed E-state index contributed by atoms with van der Waals surface area (Å²) in [5.74, 6) is -1.91. The number of benzene rings is 1. The van der Waals surface area contributed by atoms with Crippen molar-refractivity contribution < 1.29 is 19.2 Å². The van der Waals surface area contributed by atoms with Gasteiger partial charge in [0.05, 0.1) is 11.1 Å². The molecule has 1 aromatic rings. The number of carbonyl (C=O) groups is 4. The summed E-state index contributed by atoms with van der Waals surface area (Å²) in [6.07, 6.45) is 0.278. The van der Waals surface area contributed by atoms with Crippen molar-refractivity contribution >= 4 is 23.6 Å². The SMILES string of the molecule is CN(Cc1ccc2c(c1)C(=O)N(C1CCC(=O)NC1=O)C2=O)C1CNCC1(C)C. The van der Waals surface area contributed by atoms with Gasteiger partial charge in [-0.3, -0.25) is 34.3 Å². The molecule has 2 unspecified atom stereocenters. The van der Waals surface area contributed by atoms with Crippen LogP contribution < -0.4 is 10.6 Å². The summed E-state index contributed by atoms with van der Waals surface area (Å²) >= 11 is 0. The average Bonchev–Trinajstić information content (AvgIpc) is 3.13. The van der Waals surface area contributed by atoms with Gasteiger partial charge in [-0.15, -0.1) is 0 Å². The van der Waals surface area contributed by atoms with Crippen molar-refractivity contribution in [3.63, 3.8) is 0 Å². The monoisotopic (exact) mass is 398 g/mol. The first-order valence-corrected chi connectivity index (χ1v) is 9.94. The number of carbonyl (C=O) groups excluding carboxylic acids is 4. The number of rotatable bonds is 4. The molecule has 4 rings (SSSR count). The minimum Gasteiger partial charge on any atom is -0.315 e. The normalized spacial score (nSPS) is 26.3. The summed E-state index contributed by atoms with van der Waals surface area (Å²) in [4.78, 5) is 52.6. The molecular weight excluding hydrogens is 372 g/mol. The van der Waals surface area contributed by atoms with Crippen molar-refractivity contribution in [3.8, 4) is 0 Å². The smallest absolute Gasteiger partial charge is 0.262 e. The van der Waals surface area contributed by atoms with Crippen LogP contribution >= 0.6 is 0 Å². The number of hydrogen-bond donors (Lipinski definition) is 2. The van der Waals surface area contributed by atoms with E-state index in [1.165, 1.54) is 0 Å². The topological polar surface area (TPSA) is 98.8 Å². The molecule has 0 spiro atoms. The number of piperidine rings is 1. The number of imide groups is 2. The van der Waals surface area contributed by atoms with Crippen molar-refractivity contribution in [2.75, 3.05) is 20.1 Å². The number of nitrogens with one attached hydrogen (secondary N) is 2. The third kappa shape index (κ3) is 3.36. The Balaban J connectivity index is 1.54. The van der Waals surface area contributed by atoms with Crippen LogP contribution in [0.3, 0.4) is 0 Å². The number of amides is 4. The first kappa shape index (κ1) is 19.7. The van der Waals surface area contributed by atoms with Crippen LogP contribution in [0.2, 0.25) is 0 Å². The minimum absolute atomic E-state index is 0.116. The van der Waals surface area contributed by atoms with E-state index in [0.29, 0.717) is 23.7 Å². The zero-order chi connectivity index (χ0) is 20.9. The highest BCUT2D eigenvalue weighted by Crippen LogP contribution is 2.31. The van der Waals surface area contributed by atoms with Gasteiger partial charge in [-0.2, -0.15) is 0 Å². The number of hydrogen-bond acceptors (Lipinski definition) is 6. The zero-order valence-corrected chi connectivity index (χ0v) is 16.9. The second-order valence-corrected chi connectivity index (χ2v) is 8.88. The Bertz CT molecular complexity index is 910. The molecule has 3 heterocycles. The van der Waals surface area contributed by atoms with Crippen LogP contribution in [0.4, 0.5) is 0 Å². The molecule has 0 aliphatic carbocycles. The maximum absolute atomic E-state index is 12.9. The summed E-state index contributed by atoms with van der Waals surface area (Å²) < 4.78 is 0. The quantitative estimate of drug-likeness (QED) is 0.718. The molecule has 0 radical (unpaired) electrons. The molecule has 2 saturated heterocycles. The van der Waals surface area contributed by atoms with Crippen molar-refractivity contribution in [2.24, 2.45) is 5.41 Å². The number of fused-ring (bicyclic) bond motifs is 1. The largest absolute Gasteiger partial charge is 0.315 e. The lowest BCUT2D eigenvalue weighted by atomic mass is 9.87. The fourth-order valence-electron chi connectivity index (χ4n) is 4.69. The Kier molecular flexibility index (Phi) is 4.78. The first-order chi connectivity index (χ1) is 13.7. The Hall–Kier alpha value is -2.58. The fraction of sp³-hybridized carbons (Fsp3) is 0.524. The molecule has 3 aliphatic rings. The number of likely N-dealkylation sites (N-methyl/N-ethyl adjacent to an activating group) is 1. The summed E-state index contributed by atoms with van der Waals surface area (Å²) in [7, 11) is 2.06. The van der Waals surface area contributed by atoms with Crippen LogP contribution in [0, 0.1) is 5.41 Å². The van der Waals surface area contributed by atoms with E-state index in [2.05, 4.69) is 36.4 Å². The molecule has 2 fully saturated rings. The predicted octanol–water partition coefficient (Wildman–Crippen LogP) is 0.518. The van der Waals surface area contributed by atoms with Crippen molar-refractivity contribution in [1.29, 1.82) is 0 Å². The highest BCUT2D eigenvalue weighted by atomic mass is 16.2. The first-order valence-electron chi connectivity index (χ1n) is 9.94. The van der Waals surface area contributed by atoms with Crippen molar-refractivity contribution in [2.45, 2.75) is 45.3 Å². The Morgan fingerprint density at radius 1 is 1.14 bits per heavy atom. The summed E-state index contributed by atoms with van der Waals surface area (Å²) in [5.41, 5.74) is 1.74. The molecule has 0 bridgehead atoms. The van der Waals surface area contributed by atoms with Crippen LogP contribution in [0.25, 0.3) is 0 Å². The summed E-state index contributed by atoms with van der Waals surface area (Å²) in [6.45, 7) is 6.99. The van der Waals surface area contributed by atoms with Gasteiger partial charge < -0.3 is 5.32 Å². The standard InChI is InChI=1S/C21H26N4O4/c1-21(2)11-22-9-16(21)24(3)10-12-4-5-13-14(8-12)20(29)25(19(13)28)15-6-7-17(26)23-18(15)27/h4-5,8,15-16,22H,6-7,9-11H2,1-3H3,(H,23,26,27). The van der Waals surface area contributed by atoms with E-state index >= 15 is 0 Å². The molecule has 154 valence electrons. The molecular formula is C21H26N4O4. The average molecular weight is 398 g/mol. The van der Waals surface area contributed by atoms with Crippen LogP contribution in [0.15, 0.2) is 18.2 Å². The van der Waals surface area contributed by atoms with E-state index in [1.807, 2.05) is 6.07 Å². The van der Waals surface area contributed by atoms with Crippen LogP contribution in [0.5, 0.6) is 0 Å². The van der Waals surface area contributed by atoms with Gasteiger partial charge in [-0.1, -0.05) is 19.9 Å². The number of nitrogens with zero attached hydrogens (tertiary/aromatic N) is 2. The molecule has 4 amide bonds. The molecule has 2 N–H and O–H groups in total. The summed E-state index contributed by atoms with van der Waals surface area (Å²) in [6, 6.07) is 4.73. The van der Waals surface area contributed by atoms with Gasteiger partial charge >= 0.3 is 0 Å². The molecule has 1 aromatic carbocycles. The molecule has 3 aliphatic heterocycles. The van der Waals surface area contributed by atoms with Crippen LogP contribution in [0.1, 0.15) is 53.0 Å². The van der Waals surface area contributed by atoms with Gasteiger partial charge in [0.25, 0.3) is 11.8 Å². The Morgan fingerprint density at radius 3 is 2.52 bits per heavy atom. The molecule has 0 aromatic heterocycles. The van der Waals surface area contributed by atoms with E-state index in [0.717, 1.165) is 23.6 Å². The van der Waals surface area contributed by atoms with Gasteiger partial charge in [0.15, 0.2) is 0 Å². The van der Waals surface area contributed by atoms with Gasteiger partial charge in [0.2, 0.25) is 11.8 Å². The second kappa shape index (κ2) is 7.03. The molecule has 8 heteroatoms. The molecule has 8 nitrogen and oxygen atoms in total. The Labute approximate surface area is 169 Å². The minimum atomic E-state index is -0.934. The van der Waals surface area contributed by atoms with E-state index in [4.69, 9.17) is 0 Å². The van der Waals surface area contributed by atoms with E-state index in [1.54, 1.807) is 12.1 Å². The van der Waals surface area contributed by atoms with Crippen molar-refractivity contribution in [1.82, 2.24) is 20.4 Å². The predicted molar refractivity (Wildman–Crippen MR) is 105 cm³/mol. The van der Waals surface area contributed by atoms with Gasteiger partial charge in [-0.05, 0) is 36.6 Å². The maximum Gasteiger partial charge on any atom is 0.262 e. The second-order valence-electron chi connectivity index (χ2n) is 8.88. The lowest BCUT2D eigenvalue weighted by Crippen LogP contribution is -2.54. The molecule has 0 saturated carbocycles.